The molecular formula is C14H31O2PS2. The lowest BCUT2D eigenvalue weighted by Gasteiger charge is -2.22. The zero-order valence-electron chi connectivity index (χ0n) is 13.0. The number of hydrogen-bond donors (Lipinski definition) is 0. The van der Waals surface area contributed by atoms with Gasteiger partial charge < -0.3 is 9.05 Å². The maximum atomic E-state index is 5.93. The highest BCUT2D eigenvalue weighted by atomic mass is 32.9. The summed E-state index contributed by atoms with van der Waals surface area (Å²) >= 11 is 7.38. The topological polar surface area (TPSA) is 18.5 Å². The van der Waals surface area contributed by atoms with E-state index < -0.39 is 5.69 Å². The standard InChI is InChI=1S/C14H31O2PS2/c1-5-7-9-11-15-17(18,19-13-14(3)4)16-12-10-8-6-2/h14H,5-13H2,1-4H3. The van der Waals surface area contributed by atoms with Gasteiger partial charge in [-0.3, -0.25) is 0 Å². The summed E-state index contributed by atoms with van der Waals surface area (Å²) in [6.45, 7) is 10.3. The Kier molecular flexibility index (Phi) is 13.3. The first-order valence-electron chi connectivity index (χ1n) is 7.57. The lowest BCUT2D eigenvalue weighted by Crippen LogP contribution is -2.00. The van der Waals surface area contributed by atoms with E-state index in [-0.39, 0.29) is 0 Å². The van der Waals surface area contributed by atoms with Crippen LogP contribution in [0.2, 0.25) is 0 Å². The van der Waals surface area contributed by atoms with Crippen LogP contribution in [0.4, 0.5) is 0 Å². The molecule has 5 heteroatoms. The molecule has 0 N–H and O–H groups in total. The van der Waals surface area contributed by atoms with Crippen molar-refractivity contribution in [2.75, 3.05) is 19.0 Å². The normalized spacial score (nSPS) is 12.3. The van der Waals surface area contributed by atoms with Crippen LogP contribution in [0.5, 0.6) is 0 Å². The molecule has 19 heavy (non-hydrogen) atoms. The van der Waals surface area contributed by atoms with Gasteiger partial charge in [-0.05, 0) is 30.6 Å². The van der Waals surface area contributed by atoms with Crippen molar-refractivity contribution in [3.63, 3.8) is 0 Å². The van der Waals surface area contributed by atoms with E-state index in [0.29, 0.717) is 5.92 Å². The van der Waals surface area contributed by atoms with Crippen molar-refractivity contribution < 1.29 is 9.05 Å². The van der Waals surface area contributed by atoms with Crippen molar-refractivity contribution in [1.29, 1.82) is 0 Å². The molecule has 0 bridgehead atoms. The fourth-order valence-electron chi connectivity index (χ4n) is 1.41. The fourth-order valence-corrected chi connectivity index (χ4v) is 6.15. The highest BCUT2D eigenvalue weighted by Gasteiger charge is 2.20. The molecule has 0 atom stereocenters. The van der Waals surface area contributed by atoms with Crippen molar-refractivity contribution in [2.45, 2.75) is 66.2 Å². The van der Waals surface area contributed by atoms with Crippen LogP contribution < -0.4 is 0 Å². The van der Waals surface area contributed by atoms with Crippen molar-refractivity contribution in [1.82, 2.24) is 0 Å². The molecule has 0 saturated carbocycles. The second-order valence-corrected chi connectivity index (χ2v) is 11.6. The number of unbranched alkanes of at least 4 members (excludes halogenated alkanes) is 4. The van der Waals surface area contributed by atoms with Gasteiger partial charge >= 0.3 is 0 Å². The van der Waals surface area contributed by atoms with Crippen molar-refractivity contribution >= 4 is 28.9 Å². The Morgan fingerprint density at radius 1 is 0.947 bits per heavy atom. The Bertz CT molecular complexity index is 232. The molecule has 0 aliphatic heterocycles. The summed E-state index contributed by atoms with van der Waals surface area (Å²) in [5.74, 6) is 1.66. The predicted molar refractivity (Wildman–Crippen MR) is 92.5 cm³/mol. The van der Waals surface area contributed by atoms with E-state index in [4.69, 9.17) is 20.9 Å². The third-order valence-corrected chi connectivity index (χ3v) is 8.30. The molecular weight excluding hydrogens is 295 g/mol. The smallest absolute Gasteiger partial charge is 0.247 e. The quantitative estimate of drug-likeness (QED) is 0.304. The highest BCUT2D eigenvalue weighted by Crippen LogP contribution is 2.61. The van der Waals surface area contributed by atoms with Crippen LogP contribution in [-0.2, 0) is 20.9 Å². The van der Waals surface area contributed by atoms with Gasteiger partial charge in [-0.1, -0.05) is 64.8 Å². The Morgan fingerprint density at radius 3 is 1.79 bits per heavy atom. The monoisotopic (exact) mass is 326 g/mol. The minimum Gasteiger partial charge on any atom is -0.322 e. The van der Waals surface area contributed by atoms with Crippen molar-refractivity contribution in [3.05, 3.63) is 0 Å². The third-order valence-electron chi connectivity index (χ3n) is 2.56. The van der Waals surface area contributed by atoms with Crippen molar-refractivity contribution in [2.24, 2.45) is 5.92 Å². The largest absolute Gasteiger partial charge is 0.322 e. The molecule has 0 aliphatic carbocycles. The molecule has 0 aromatic rings. The van der Waals surface area contributed by atoms with Crippen LogP contribution in [0, 0.1) is 5.92 Å². The van der Waals surface area contributed by atoms with Crippen LogP contribution >= 0.6 is 17.1 Å². The molecule has 0 heterocycles. The van der Waals surface area contributed by atoms with Gasteiger partial charge in [0, 0.05) is 5.75 Å². The fraction of sp³-hybridized carbons (Fsp3) is 1.00. The van der Waals surface area contributed by atoms with E-state index >= 15 is 0 Å². The van der Waals surface area contributed by atoms with Gasteiger partial charge in [0.05, 0.1) is 13.2 Å². The lowest BCUT2D eigenvalue weighted by atomic mass is 10.3. The maximum Gasteiger partial charge on any atom is 0.247 e. The van der Waals surface area contributed by atoms with Crippen LogP contribution in [0.3, 0.4) is 0 Å². The highest BCUT2D eigenvalue weighted by molar-refractivity contribution is 8.67. The molecule has 0 aromatic carbocycles. The third kappa shape index (κ3) is 12.4. The summed E-state index contributed by atoms with van der Waals surface area (Å²) in [7, 11) is 0. The van der Waals surface area contributed by atoms with Crippen LogP contribution in [0.25, 0.3) is 0 Å². The minimum absolute atomic E-state index is 0.630. The Hall–Kier alpha value is 0.920. The zero-order valence-corrected chi connectivity index (χ0v) is 15.5. The molecule has 0 radical (unpaired) electrons. The average molecular weight is 327 g/mol. The van der Waals surface area contributed by atoms with E-state index in [1.54, 1.807) is 11.4 Å². The lowest BCUT2D eigenvalue weighted by molar-refractivity contribution is 0.250. The van der Waals surface area contributed by atoms with Gasteiger partial charge in [0.25, 0.3) is 0 Å². The van der Waals surface area contributed by atoms with Gasteiger partial charge in [0.1, 0.15) is 0 Å². The van der Waals surface area contributed by atoms with Crippen LogP contribution in [-0.4, -0.2) is 19.0 Å². The summed E-state index contributed by atoms with van der Waals surface area (Å²) in [5, 5.41) is 0. The zero-order chi connectivity index (χ0) is 14.6. The maximum absolute atomic E-state index is 5.93. The molecule has 116 valence electrons. The molecule has 0 aromatic heterocycles. The summed E-state index contributed by atoms with van der Waals surface area (Å²) in [4.78, 5) is 0. The van der Waals surface area contributed by atoms with Crippen LogP contribution in [0.15, 0.2) is 0 Å². The van der Waals surface area contributed by atoms with E-state index in [0.717, 1.165) is 31.8 Å². The summed E-state index contributed by atoms with van der Waals surface area (Å²) in [6, 6.07) is 0. The van der Waals surface area contributed by atoms with Crippen molar-refractivity contribution in [3.8, 4) is 0 Å². The van der Waals surface area contributed by atoms with Gasteiger partial charge in [-0.15, -0.1) is 0 Å². The van der Waals surface area contributed by atoms with E-state index in [1.807, 2.05) is 0 Å². The molecule has 2 nitrogen and oxygen atoms in total. The first-order valence-corrected chi connectivity index (χ1v) is 11.8. The predicted octanol–water partition coefficient (Wildman–Crippen LogP) is 6.01. The molecule has 0 unspecified atom stereocenters. The molecule has 0 spiro atoms. The van der Waals surface area contributed by atoms with Gasteiger partial charge in [-0.25, -0.2) is 0 Å². The minimum atomic E-state index is -2.10. The SMILES string of the molecule is CCCCCOP(=S)(OCCCCC)SCC(C)C. The Labute approximate surface area is 129 Å². The molecule has 0 fully saturated rings. The second-order valence-electron chi connectivity index (χ2n) is 5.22. The number of hydrogen-bond acceptors (Lipinski definition) is 4. The van der Waals surface area contributed by atoms with E-state index in [9.17, 15) is 0 Å². The molecule has 0 rings (SSSR count). The molecule has 0 amide bonds. The summed E-state index contributed by atoms with van der Waals surface area (Å²) in [5.41, 5.74) is -2.10. The van der Waals surface area contributed by atoms with Gasteiger partial charge in [0.2, 0.25) is 5.69 Å². The van der Waals surface area contributed by atoms with E-state index in [2.05, 4.69) is 27.7 Å². The summed E-state index contributed by atoms with van der Waals surface area (Å²) in [6.07, 6.45) is 7.02. The van der Waals surface area contributed by atoms with Gasteiger partial charge in [-0.2, -0.15) is 0 Å². The summed E-state index contributed by atoms with van der Waals surface area (Å²) < 4.78 is 11.9. The molecule has 0 aliphatic rings. The first-order chi connectivity index (χ1) is 9.04. The number of rotatable bonds is 13. The van der Waals surface area contributed by atoms with Gasteiger partial charge in [0.15, 0.2) is 0 Å². The van der Waals surface area contributed by atoms with Crippen LogP contribution in [0.1, 0.15) is 66.2 Å². The second kappa shape index (κ2) is 12.6. The first kappa shape index (κ1) is 19.9. The Morgan fingerprint density at radius 2 is 1.42 bits per heavy atom. The van der Waals surface area contributed by atoms with E-state index in [1.165, 1.54) is 25.7 Å². The Balaban J connectivity index is 4.08. The average Bonchev–Trinajstić information content (AvgIpc) is 2.38. The molecule has 0 saturated heterocycles.